The van der Waals surface area contributed by atoms with Crippen LogP contribution in [-0.2, 0) is 30.8 Å². The number of esters is 1. The summed E-state index contributed by atoms with van der Waals surface area (Å²) in [5.74, 6) is -0.163. The summed E-state index contributed by atoms with van der Waals surface area (Å²) in [6.45, 7) is 2.25. The standard InChI is InChI=1S/C21H24N6O5S/c22-20-19-21(24-14-23-20)26(15-25-19)8-1-11-32-18(28)7-4-16-2-5-17(6-3-16)33(29,30)27-9-12-31-13-10-27/h2-7,14-15H,1,8-13H2,(H2,22,23,24)/b7-4+. The molecule has 3 aromatic rings. The molecule has 0 saturated carbocycles. The van der Waals surface area contributed by atoms with Crippen molar-refractivity contribution >= 4 is 39.1 Å². The number of aryl methyl sites for hydroxylation is 1. The van der Waals surface area contributed by atoms with E-state index in [-0.39, 0.29) is 11.5 Å². The van der Waals surface area contributed by atoms with Crippen LogP contribution in [0.4, 0.5) is 5.82 Å². The molecular formula is C21H24N6O5S. The minimum atomic E-state index is -3.54. The molecule has 2 N–H and O–H groups in total. The van der Waals surface area contributed by atoms with E-state index in [4.69, 9.17) is 15.2 Å². The van der Waals surface area contributed by atoms with Crippen molar-refractivity contribution in [2.75, 3.05) is 38.6 Å². The number of nitrogens with two attached hydrogens (primary N) is 1. The van der Waals surface area contributed by atoms with Gasteiger partial charge < -0.3 is 19.8 Å². The molecule has 0 amide bonds. The Kier molecular flexibility index (Phi) is 6.96. The first kappa shape index (κ1) is 22.8. The largest absolute Gasteiger partial charge is 0.462 e. The van der Waals surface area contributed by atoms with Crippen molar-refractivity contribution in [3.8, 4) is 0 Å². The van der Waals surface area contributed by atoms with Crippen LogP contribution in [0.1, 0.15) is 12.0 Å². The molecule has 0 aliphatic carbocycles. The van der Waals surface area contributed by atoms with Gasteiger partial charge in [-0.05, 0) is 30.2 Å². The highest BCUT2D eigenvalue weighted by molar-refractivity contribution is 7.89. The van der Waals surface area contributed by atoms with Crippen LogP contribution in [-0.4, -0.2) is 71.1 Å². The van der Waals surface area contributed by atoms with Gasteiger partial charge in [-0.1, -0.05) is 12.1 Å². The minimum Gasteiger partial charge on any atom is -0.462 e. The van der Waals surface area contributed by atoms with Gasteiger partial charge in [-0.25, -0.2) is 28.2 Å². The van der Waals surface area contributed by atoms with Gasteiger partial charge in [0, 0.05) is 25.7 Å². The maximum atomic E-state index is 12.6. The van der Waals surface area contributed by atoms with Gasteiger partial charge in [-0.3, -0.25) is 0 Å². The fraction of sp³-hybridized carbons (Fsp3) is 0.333. The fourth-order valence-corrected chi connectivity index (χ4v) is 4.78. The van der Waals surface area contributed by atoms with E-state index in [1.807, 2.05) is 4.57 Å². The Morgan fingerprint density at radius 3 is 2.67 bits per heavy atom. The molecule has 0 unspecified atom stereocenters. The second-order valence-corrected chi connectivity index (χ2v) is 9.25. The van der Waals surface area contributed by atoms with E-state index in [1.165, 1.54) is 28.8 Å². The van der Waals surface area contributed by atoms with Gasteiger partial charge in [0.2, 0.25) is 10.0 Å². The molecule has 11 nitrogen and oxygen atoms in total. The average molecular weight is 473 g/mol. The number of imidazole rings is 1. The first-order valence-corrected chi connectivity index (χ1v) is 11.8. The Morgan fingerprint density at radius 1 is 1.15 bits per heavy atom. The smallest absolute Gasteiger partial charge is 0.330 e. The zero-order chi connectivity index (χ0) is 23.3. The molecule has 174 valence electrons. The molecule has 1 fully saturated rings. The van der Waals surface area contributed by atoms with Crippen molar-refractivity contribution in [3.05, 3.63) is 48.6 Å². The summed E-state index contributed by atoms with van der Waals surface area (Å²) in [4.78, 5) is 24.5. The molecule has 3 heterocycles. The lowest BCUT2D eigenvalue weighted by Gasteiger charge is -2.26. The number of fused-ring (bicyclic) bond motifs is 1. The van der Waals surface area contributed by atoms with E-state index in [2.05, 4.69) is 15.0 Å². The van der Waals surface area contributed by atoms with Crippen molar-refractivity contribution < 1.29 is 22.7 Å². The summed E-state index contributed by atoms with van der Waals surface area (Å²) in [6.07, 6.45) is 6.47. The zero-order valence-electron chi connectivity index (χ0n) is 17.8. The third-order valence-electron chi connectivity index (χ3n) is 5.12. The van der Waals surface area contributed by atoms with E-state index >= 15 is 0 Å². The topological polar surface area (TPSA) is 143 Å². The number of hydrogen-bond donors (Lipinski definition) is 1. The number of aromatic nitrogens is 4. The van der Waals surface area contributed by atoms with Crippen LogP contribution >= 0.6 is 0 Å². The number of carbonyl (C=O) groups excluding carboxylic acids is 1. The number of morpholine rings is 1. The highest BCUT2D eigenvalue weighted by Crippen LogP contribution is 2.18. The van der Waals surface area contributed by atoms with Crippen molar-refractivity contribution in [2.45, 2.75) is 17.9 Å². The summed E-state index contributed by atoms with van der Waals surface area (Å²) >= 11 is 0. The molecule has 0 bridgehead atoms. The number of rotatable bonds is 8. The van der Waals surface area contributed by atoms with Crippen LogP contribution in [0.25, 0.3) is 17.2 Å². The molecule has 1 aliphatic heterocycles. The Hall–Kier alpha value is -3.35. The first-order valence-electron chi connectivity index (χ1n) is 10.4. The summed E-state index contributed by atoms with van der Waals surface area (Å²) < 4.78 is 39.0. The maximum absolute atomic E-state index is 12.6. The molecule has 4 rings (SSSR count). The summed E-state index contributed by atoms with van der Waals surface area (Å²) in [6, 6.07) is 6.35. The predicted octanol–water partition coefficient (Wildman–Crippen LogP) is 1.08. The van der Waals surface area contributed by atoms with Gasteiger partial charge in [0.05, 0.1) is 31.0 Å². The SMILES string of the molecule is Nc1ncnc2c1ncn2CCCOC(=O)/C=C/c1ccc(S(=O)(=O)N2CCOCC2)cc1. The Labute approximate surface area is 190 Å². The van der Waals surface area contributed by atoms with E-state index in [9.17, 15) is 13.2 Å². The van der Waals surface area contributed by atoms with Crippen LogP contribution in [0.15, 0.2) is 47.9 Å². The monoisotopic (exact) mass is 472 g/mol. The van der Waals surface area contributed by atoms with Gasteiger partial charge in [-0.2, -0.15) is 4.31 Å². The molecule has 1 aromatic carbocycles. The number of ether oxygens (including phenoxy) is 2. The number of hydrogen-bond acceptors (Lipinski definition) is 9. The molecule has 0 radical (unpaired) electrons. The third-order valence-corrected chi connectivity index (χ3v) is 7.03. The van der Waals surface area contributed by atoms with Crippen LogP contribution in [0.2, 0.25) is 0 Å². The van der Waals surface area contributed by atoms with E-state index in [0.717, 1.165) is 0 Å². The lowest BCUT2D eigenvalue weighted by atomic mass is 10.2. The summed E-state index contributed by atoms with van der Waals surface area (Å²) in [5.41, 5.74) is 7.63. The number of sulfonamides is 1. The summed E-state index contributed by atoms with van der Waals surface area (Å²) in [7, 11) is -3.54. The van der Waals surface area contributed by atoms with Gasteiger partial charge in [0.1, 0.15) is 11.8 Å². The maximum Gasteiger partial charge on any atom is 0.330 e. The Balaban J connectivity index is 1.26. The number of nitrogens with zero attached hydrogens (tertiary/aromatic N) is 5. The lowest BCUT2D eigenvalue weighted by molar-refractivity contribution is -0.137. The van der Waals surface area contributed by atoms with E-state index < -0.39 is 16.0 Å². The number of anilines is 1. The molecule has 0 spiro atoms. The Bertz CT molecular complexity index is 1250. The molecule has 2 aromatic heterocycles. The second kappa shape index (κ2) is 10.1. The van der Waals surface area contributed by atoms with Crippen molar-refractivity contribution in [3.63, 3.8) is 0 Å². The number of carbonyl (C=O) groups is 1. The fourth-order valence-electron chi connectivity index (χ4n) is 3.37. The normalized spacial score (nSPS) is 15.3. The van der Waals surface area contributed by atoms with Gasteiger partial charge in [0.25, 0.3) is 0 Å². The molecule has 33 heavy (non-hydrogen) atoms. The molecule has 12 heteroatoms. The van der Waals surface area contributed by atoms with Gasteiger partial charge in [0.15, 0.2) is 11.5 Å². The molecular weight excluding hydrogens is 448 g/mol. The number of nitrogen functional groups attached to an aromatic ring is 1. The predicted molar refractivity (Wildman–Crippen MR) is 120 cm³/mol. The van der Waals surface area contributed by atoms with Crippen LogP contribution in [0.3, 0.4) is 0 Å². The number of benzene rings is 1. The highest BCUT2D eigenvalue weighted by Gasteiger charge is 2.25. The van der Waals surface area contributed by atoms with E-state index in [1.54, 1.807) is 24.5 Å². The summed E-state index contributed by atoms with van der Waals surface area (Å²) in [5, 5.41) is 0. The van der Waals surface area contributed by atoms with Gasteiger partial charge >= 0.3 is 5.97 Å². The van der Waals surface area contributed by atoms with Crippen molar-refractivity contribution in [2.24, 2.45) is 0 Å². The lowest BCUT2D eigenvalue weighted by Crippen LogP contribution is -2.40. The van der Waals surface area contributed by atoms with Crippen LogP contribution in [0.5, 0.6) is 0 Å². The van der Waals surface area contributed by atoms with Crippen molar-refractivity contribution in [1.82, 2.24) is 23.8 Å². The molecule has 1 saturated heterocycles. The van der Waals surface area contributed by atoms with Crippen LogP contribution < -0.4 is 5.73 Å². The average Bonchev–Trinajstić information content (AvgIpc) is 3.26. The quantitative estimate of drug-likeness (QED) is 0.289. The molecule has 1 aliphatic rings. The highest BCUT2D eigenvalue weighted by atomic mass is 32.2. The third kappa shape index (κ3) is 5.35. The second-order valence-electron chi connectivity index (χ2n) is 7.31. The van der Waals surface area contributed by atoms with Crippen LogP contribution in [0, 0.1) is 0 Å². The first-order chi connectivity index (χ1) is 15.9. The van der Waals surface area contributed by atoms with Gasteiger partial charge in [-0.15, -0.1) is 0 Å². The zero-order valence-corrected chi connectivity index (χ0v) is 18.6. The Morgan fingerprint density at radius 2 is 1.91 bits per heavy atom. The minimum absolute atomic E-state index is 0.211. The van der Waals surface area contributed by atoms with Crippen molar-refractivity contribution in [1.29, 1.82) is 0 Å². The molecule has 0 atom stereocenters. The van der Waals surface area contributed by atoms with E-state index in [0.29, 0.717) is 61.8 Å².